The molecule has 0 heterocycles. The quantitative estimate of drug-likeness (QED) is 0.278. The largest absolute Gasteiger partial charge is 0.494 e. The van der Waals surface area contributed by atoms with Crippen LogP contribution in [0.2, 0.25) is 10.0 Å². The van der Waals surface area contributed by atoms with Gasteiger partial charge in [-0.1, -0.05) is 47.5 Å². The zero-order chi connectivity index (χ0) is 23.5. The summed E-state index contributed by atoms with van der Waals surface area (Å²) in [5, 5.41) is 9.49. The first-order chi connectivity index (χ1) is 16.0. The number of hydrogen-bond donors (Lipinski definition) is 2. The van der Waals surface area contributed by atoms with Crippen molar-refractivity contribution in [3.63, 3.8) is 0 Å². The highest BCUT2D eigenvalue weighted by molar-refractivity contribution is 6.30. The summed E-state index contributed by atoms with van der Waals surface area (Å²) in [7, 11) is 0. The predicted octanol–water partition coefficient (Wildman–Crippen LogP) is 5.14. The van der Waals surface area contributed by atoms with Crippen LogP contribution in [0.5, 0.6) is 5.75 Å². The van der Waals surface area contributed by atoms with Crippen molar-refractivity contribution in [2.45, 2.75) is 6.92 Å². The molecule has 0 aliphatic rings. The second-order valence-corrected chi connectivity index (χ2v) is 7.44. The molecule has 0 spiro atoms. The van der Waals surface area contributed by atoms with Crippen LogP contribution in [0.4, 0.5) is 0 Å². The Bertz CT molecular complexity index is 1080. The fraction of sp³-hybridized carbons (Fsp3) is 0.0833. The molecule has 0 aliphatic carbocycles. The number of hydrogen-bond acceptors (Lipinski definition) is 4. The highest BCUT2D eigenvalue weighted by Gasteiger charge is 2.07. The van der Waals surface area contributed by atoms with Crippen LogP contribution >= 0.6 is 23.2 Å². The van der Waals surface area contributed by atoms with E-state index in [1.165, 1.54) is 0 Å². The number of rotatable bonds is 7. The molecule has 0 bridgehead atoms. The Morgan fingerprint density at radius 1 is 0.818 bits per heavy atom. The van der Waals surface area contributed by atoms with E-state index in [1.807, 2.05) is 31.2 Å². The summed E-state index contributed by atoms with van der Waals surface area (Å²) in [5.41, 5.74) is 7.43. The topological polar surface area (TPSA) is 87.4 Å². The SMILES string of the molecule is CCOc1ccc(C(=O)N=C(NN=Cc2ccc(Cl)cc2)NN=Cc2ccc(Cl)cc2)cc1. The minimum atomic E-state index is -0.476. The van der Waals surface area contributed by atoms with Crippen LogP contribution in [0.25, 0.3) is 0 Å². The molecule has 0 fully saturated rings. The summed E-state index contributed by atoms with van der Waals surface area (Å²) in [6.07, 6.45) is 3.13. The molecule has 33 heavy (non-hydrogen) atoms. The maximum atomic E-state index is 12.6. The number of carbonyl (C=O) groups is 1. The molecular formula is C24H21Cl2N5O2. The van der Waals surface area contributed by atoms with Gasteiger partial charge in [0.15, 0.2) is 0 Å². The van der Waals surface area contributed by atoms with E-state index in [9.17, 15) is 4.79 Å². The number of aliphatic imine (C=N–C) groups is 1. The minimum absolute atomic E-state index is 0.0457. The molecule has 3 aromatic carbocycles. The van der Waals surface area contributed by atoms with Crippen molar-refractivity contribution in [3.05, 3.63) is 99.5 Å². The standard InChI is InChI=1S/C24H21Cl2N5O2/c1-2-33-22-13-7-19(8-14-22)23(32)29-24(30-27-15-17-3-9-20(25)10-4-17)31-28-16-18-5-11-21(26)12-6-18/h3-16H,2H2,1H3,(H2,29,30,31,32). The number of nitrogens with one attached hydrogen (secondary N) is 2. The molecule has 3 rings (SSSR count). The molecule has 0 radical (unpaired) electrons. The Balaban J connectivity index is 1.74. The van der Waals surface area contributed by atoms with Crippen molar-refractivity contribution in [3.8, 4) is 5.75 Å². The second-order valence-electron chi connectivity index (χ2n) is 6.57. The Morgan fingerprint density at radius 3 is 1.76 bits per heavy atom. The van der Waals surface area contributed by atoms with Crippen molar-refractivity contribution in [1.82, 2.24) is 10.9 Å². The Labute approximate surface area is 201 Å². The van der Waals surface area contributed by atoms with E-state index in [1.54, 1.807) is 61.0 Å². The summed E-state index contributed by atoms with van der Waals surface area (Å²) in [6, 6.07) is 20.9. The van der Waals surface area contributed by atoms with Gasteiger partial charge in [0.1, 0.15) is 5.75 Å². The lowest BCUT2D eigenvalue weighted by atomic mass is 10.2. The zero-order valence-corrected chi connectivity index (χ0v) is 19.2. The van der Waals surface area contributed by atoms with Gasteiger partial charge in [0.2, 0.25) is 5.96 Å². The number of halogens is 2. The minimum Gasteiger partial charge on any atom is -0.494 e. The van der Waals surface area contributed by atoms with Crippen molar-refractivity contribution in [1.29, 1.82) is 0 Å². The first kappa shape index (κ1) is 24.0. The van der Waals surface area contributed by atoms with Gasteiger partial charge in [0, 0.05) is 15.6 Å². The van der Waals surface area contributed by atoms with Crippen LogP contribution in [0.3, 0.4) is 0 Å². The maximum absolute atomic E-state index is 12.6. The summed E-state index contributed by atoms with van der Waals surface area (Å²) in [5.74, 6) is 0.246. The van der Waals surface area contributed by atoms with Crippen molar-refractivity contribution >= 4 is 47.5 Å². The van der Waals surface area contributed by atoms with Gasteiger partial charge in [-0.15, -0.1) is 0 Å². The van der Waals surface area contributed by atoms with Gasteiger partial charge in [-0.2, -0.15) is 15.2 Å². The number of guanidine groups is 1. The van der Waals surface area contributed by atoms with Gasteiger partial charge >= 0.3 is 0 Å². The maximum Gasteiger partial charge on any atom is 0.280 e. The lowest BCUT2D eigenvalue weighted by molar-refractivity contribution is 0.100. The van der Waals surface area contributed by atoms with E-state index in [0.717, 1.165) is 11.1 Å². The lowest BCUT2D eigenvalue weighted by Gasteiger charge is -2.06. The van der Waals surface area contributed by atoms with Gasteiger partial charge in [-0.05, 0) is 66.6 Å². The Kier molecular flexibility index (Phi) is 8.99. The number of amides is 1. The van der Waals surface area contributed by atoms with Crippen LogP contribution in [-0.4, -0.2) is 30.9 Å². The van der Waals surface area contributed by atoms with Gasteiger partial charge in [0.05, 0.1) is 19.0 Å². The van der Waals surface area contributed by atoms with Crippen LogP contribution in [0.1, 0.15) is 28.4 Å². The van der Waals surface area contributed by atoms with Gasteiger partial charge in [-0.25, -0.2) is 10.9 Å². The number of ether oxygens (including phenoxy) is 1. The highest BCUT2D eigenvalue weighted by atomic mass is 35.5. The van der Waals surface area contributed by atoms with Gasteiger partial charge in [0.25, 0.3) is 5.91 Å². The predicted molar refractivity (Wildman–Crippen MR) is 134 cm³/mol. The zero-order valence-electron chi connectivity index (χ0n) is 17.7. The molecule has 7 nitrogen and oxygen atoms in total. The molecule has 2 N–H and O–H groups in total. The van der Waals surface area contributed by atoms with E-state index in [0.29, 0.717) is 28.0 Å². The normalized spacial score (nSPS) is 10.9. The highest BCUT2D eigenvalue weighted by Crippen LogP contribution is 2.13. The summed E-state index contributed by atoms with van der Waals surface area (Å²) in [4.78, 5) is 16.7. The summed E-state index contributed by atoms with van der Waals surface area (Å²) >= 11 is 11.8. The molecule has 9 heteroatoms. The fourth-order valence-corrected chi connectivity index (χ4v) is 2.79. The summed E-state index contributed by atoms with van der Waals surface area (Å²) < 4.78 is 5.40. The third-order valence-corrected chi connectivity index (χ3v) is 4.64. The van der Waals surface area contributed by atoms with Crippen molar-refractivity contribution in [2.75, 3.05) is 6.61 Å². The number of benzene rings is 3. The third-order valence-electron chi connectivity index (χ3n) is 4.13. The molecule has 0 unspecified atom stereocenters. The Hall–Kier alpha value is -3.68. The van der Waals surface area contributed by atoms with E-state index in [4.69, 9.17) is 27.9 Å². The van der Waals surface area contributed by atoms with Crippen LogP contribution in [0, 0.1) is 0 Å². The fourth-order valence-electron chi connectivity index (χ4n) is 2.54. The number of nitrogens with zero attached hydrogens (tertiary/aromatic N) is 3. The van der Waals surface area contributed by atoms with Crippen LogP contribution in [0.15, 0.2) is 88.0 Å². The first-order valence-corrected chi connectivity index (χ1v) is 10.7. The van der Waals surface area contributed by atoms with E-state index in [-0.39, 0.29) is 5.96 Å². The Morgan fingerprint density at radius 2 is 1.30 bits per heavy atom. The molecule has 0 atom stereocenters. The van der Waals surface area contributed by atoms with E-state index in [2.05, 4.69) is 26.0 Å². The van der Waals surface area contributed by atoms with Gasteiger partial charge in [-0.3, -0.25) is 4.79 Å². The average molecular weight is 482 g/mol. The third kappa shape index (κ3) is 8.07. The lowest BCUT2D eigenvalue weighted by Crippen LogP contribution is -2.32. The summed E-state index contributed by atoms with van der Waals surface area (Å²) in [6.45, 7) is 2.43. The van der Waals surface area contributed by atoms with E-state index >= 15 is 0 Å². The molecular weight excluding hydrogens is 461 g/mol. The van der Waals surface area contributed by atoms with E-state index < -0.39 is 5.91 Å². The molecule has 168 valence electrons. The first-order valence-electron chi connectivity index (χ1n) is 9.98. The number of carbonyl (C=O) groups excluding carboxylic acids is 1. The van der Waals surface area contributed by atoms with Crippen LogP contribution in [-0.2, 0) is 0 Å². The monoisotopic (exact) mass is 481 g/mol. The molecule has 1 amide bonds. The van der Waals surface area contributed by atoms with Crippen LogP contribution < -0.4 is 15.6 Å². The average Bonchev–Trinajstić information content (AvgIpc) is 2.82. The van der Waals surface area contributed by atoms with Gasteiger partial charge < -0.3 is 4.74 Å². The molecule has 0 saturated heterocycles. The van der Waals surface area contributed by atoms with Crippen molar-refractivity contribution < 1.29 is 9.53 Å². The second kappa shape index (κ2) is 12.4. The molecule has 0 aromatic heterocycles. The molecule has 0 saturated carbocycles. The van der Waals surface area contributed by atoms with Crippen molar-refractivity contribution in [2.24, 2.45) is 15.2 Å². The number of hydrazone groups is 2. The molecule has 3 aromatic rings. The molecule has 0 aliphatic heterocycles. The smallest absolute Gasteiger partial charge is 0.280 e.